The average Bonchev–Trinajstić information content (AvgIpc) is 3.05. The summed E-state index contributed by atoms with van der Waals surface area (Å²) in [4.78, 5) is 24.8. The van der Waals surface area contributed by atoms with Crippen LogP contribution in [-0.4, -0.2) is 38.5 Å². The van der Waals surface area contributed by atoms with Gasteiger partial charge >= 0.3 is 0 Å². The number of halogens is 1. The normalized spacial score (nSPS) is 17.7. The van der Waals surface area contributed by atoms with Gasteiger partial charge < -0.3 is 14.5 Å². The van der Waals surface area contributed by atoms with Crippen LogP contribution in [0.3, 0.4) is 0 Å². The lowest BCUT2D eigenvalue weighted by molar-refractivity contribution is -0.123. The molecule has 3 aromatic rings. The first kappa shape index (κ1) is 20.4. The highest BCUT2D eigenvalue weighted by atomic mass is 35.5. The van der Waals surface area contributed by atoms with Gasteiger partial charge in [0.25, 0.3) is 5.91 Å². The van der Waals surface area contributed by atoms with Gasteiger partial charge in [0, 0.05) is 17.1 Å². The van der Waals surface area contributed by atoms with Gasteiger partial charge in [-0.1, -0.05) is 23.7 Å². The van der Waals surface area contributed by atoms with E-state index in [1.165, 1.54) is 12.3 Å². The Kier molecular flexibility index (Phi) is 5.53. The number of sulfone groups is 1. The molecule has 9 heteroatoms. The average molecular weight is 448 g/mol. The number of carbonyl (C=O) groups is 1. The van der Waals surface area contributed by atoms with Crippen molar-refractivity contribution < 1.29 is 22.4 Å². The molecule has 0 radical (unpaired) electrons. The molecule has 30 heavy (non-hydrogen) atoms. The zero-order chi connectivity index (χ0) is 21.3. The lowest BCUT2D eigenvalue weighted by atomic mass is 10.1. The SMILES string of the molecule is O=C(COc1ccc2c(=O)c(-c3ccc(Cl)cc3)coc2c1)N[C@H]1CCS(=O)(=O)C1. The Labute approximate surface area is 177 Å². The van der Waals surface area contributed by atoms with Crippen LogP contribution in [-0.2, 0) is 14.6 Å². The molecule has 1 saturated heterocycles. The van der Waals surface area contributed by atoms with E-state index in [0.29, 0.717) is 39.3 Å². The number of amides is 1. The number of nitrogens with one attached hydrogen (secondary N) is 1. The molecule has 1 aliphatic heterocycles. The summed E-state index contributed by atoms with van der Waals surface area (Å²) >= 11 is 5.89. The maximum Gasteiger partial charge on any atom is 0.258 e. The molecule has 4 rings (SSSR count). The molecule has 1 atom stereocenters. The van der Waals surface area contributed by atoms with E-state index in [4.69, 9.17) is 20.8 Å². The van der Waals surface area contributed by atoms with E-state index in [-0.39, 0.29) is 29.6 Å². The van der Waals surface area contributed by atoms with Crippen molar-refractivity contribution in [3.63, 3.8) is 0 Å². The van der Waals surface area contributed by atoms with Gasteiger partial charge in [-0.25, -0.2) is 8.42 Å². The third-order valence-corrected chi connectivity index (χ3v) is 6.89. The van der Waals surface area contributed by atoms with Crippen molar-refractivity contribution in [3.8, 4) is 16.9 Å². The molecule has 1 amide bonds. The monoisotopic (exact) mass is 447 g/mol. The van der Waals surface area contributed by atoms with Crippen LogP contribution in [0.25, 0.3) is 22.1 Å². The highest BCUT2D eigenvalue weighted by Crippen LogP contribution is 2.24. The maximum absolute atomic E-state index is 12.8. The first-order valence-electron chi connectivity index (χ1n) is 9.25. The minimum Gasteiger partial charge on any atom is -0.484 e. The van der Waals surface area contributed by atoms with Crippen molar-refractivity contribution in [1.82, 2.24) is 5.32 Å². The minimum atomic E-state index is -3.07. The summed E-state index contributed by atoms with van der Waals surface area (Å²) in [5, 5.41) is 3.61. The third-order valence-electron chi connectivity index (χ3n) is 4.87. The van der Waals surface area contributed by atoms with E-state index >= 15 is 0 Å². The second kappa shape index (κ2) is 8.12. The summed E-state index contributed by atoms with van der Waals surface area (Å²) < 4.78 is 34.0. The summed E-state index contributed by atoms with van der Waals surface area (Å²) in [6.45, 7) is -0.269. The second-order valence-electron chi connectivity index (χ2n) is 7.10. The van der Waals surface area contributed by atoms with Crippen LogP contribution in [0, 0.1) is 0 Å². The van der Waals surface area contributed by atoms with Crippen molar-refractivity contribution in [3.05, 3.63) is 64.0 Å². The Morgan fingerprint density at radius 2 is 1.97 bits per heavy atom. The van der Waals surface area contributed by atoms with Crippen molar-refractivity contribution in [2.24, 2.45) is 0 Å². The Morgan fingerprint density at radius 1 is 1.20 bits per heavy atom. The molecule has 1 N–H and O–H groups in total. The molecule has 156 valence electrons. The van der Waals surface area contributed by atoms with Crippen molar-refractivity contribution in [2.45, 2.75) is 12.5 Å². The van der Waals surface area contributed by atoms with Gasteiger partial charge in [0.05, 0.1) is 22.5 Å². The number of benzene rings is 2. The largest absolute Gasteiger partial charge is 0.484 e. The van der Waals surface area contributed by atoms with Gasteiger partial charge in [-0.05, 0) is 36.2 Å². The molecule has 1 aliphatic rings. The van der Waals surface area contributed by atoms with Gasteiger partial charge in [-0.3, -0.25) is 9.59 Å². The van der Waals surface area contributed by atoms with Gasteiger partial charge in [0.2, 0.25) is 0 Å². The summed E-state index contributed by atoms with van der Waals surface area (Å²) in [7, 11) is -3.07. The van der Waals surface area contributed by atoms with Crippen LogP contribution in [0.5, 0.6) is 5.75 Å². The molecule has 7 nitrogen and oxygen atoms in total. The Hall–Kier alpha value is -2.84. The molecule has 1 fully saturated rings. The highest BCUT2D eigenvalue weighted by molar-refractivity contribution is 7.91. The lowest BCUT2D eigenvalue weighted by Crippen LogP contribution is -2.38. The lowest BCUT2D eigenvalue weighted by Gasteiger charge is -2.12. The predicted molar refractivity (Wildman–Crippen MR) is 114 cm³/mol. The zero-order valence-corrected chi connectivity index (χ0v) is 17.3. The number of ether oxygens (including phenoxy) is 1. The second-order valence-corrected chi connectivity index (χ2v) is 9.76. The fourth-order valence-corrected chi connectivity index (χ4v) is 5.15. The van der Waals surface area contributed by atoms with Crippen LogP contribution < -0.4 is 15.5 Å². The van der Waals surface area contributed by atoms with E-state index < -0.39 is 15.7 Å². The highest BCUT2D eigenvalue weighted by Gasteiger charge is 2.28. The van der Waals surface area contributed by atoms with Crippen molar-refractivity contribution in [2.75, 3.05) is 18.1 Å². The minimum absolute atomic E-state index is 0.0458. The van der Waals surface area contributed by atoms with E-state index in [1.807, 2.05) is 0 Å². The summed E-state index contributed by atoms with van der Waals surface area (Å²) in [6, 6.07) is 11.2. The molecule has 2 heterocycles. The molecular weight excluding hydrogens is 430 g/mol. The Bertz CT molecular complexity index is 1270. The van der Waals surface area contributed by atoms with Crippen LogP contribution in [0.1, 0.15) is 6.42 Å². The predicted octanol–water partition coefficient (Wildman–Crippen LogP) is 2.80. The van der Waals surface area contributed by atoms with Crippen molar-refractivity contribution in [1.29, 1.82) is 0 Å². The standard InChI is InChI=1S/C21H18ClNO6S/c22-14-3-1-13(2-4-14)18-10-29-19-9-16(5-6-17(19)21(18)25)28-11-20(24)23-15-7-8-30(26,27)12-15/h1-6,9-10,15H,7-8,11-12H2,(H,23,24)/t15-/m0/s1. The quantitative estimate of drug-likeness (QED) is 0.645. The number of fused-ring (bicyclic) bond motifs is 1. The Morgan fingerprint density at radius 3 is 2.67 bits per heavy atom. The van der Waals surface area contributed by atoms with Gasteiger partial charge in [-0.2, -0.15) is 0 Å². The summed E-state index contributed by atoms with van der Waals surface area (Å²) in [6.07, 6.45) is 1.79. The zero-order valence-electron chi connectivity index (χ0n) is 15.8. The number of rotatable bonds is 5. The van der Waals surface area contributed by atoms with E-state index in [1.54, 1.807) is 36.4 Å². The topological polar surface area (TPSA) is 103 Å². The Balaban J connectivity index is 1.46. The molecule has 2 aromatic carbocycles. The maximum atomic E-state index is 12.8. The fraction of sp³-hybridized carbons (Fsp3) is 0.238. The van der Waals surface area contributed by atoms with Crippen LogP contribution in [0.4, 0.5) is 0 Å². The summed E-state index contributed by atoms with van der Waals surface area (Å²) in [5.41, 5.74) is 1.25. The molecular formula is C21H18ClNO6S. The molecule has 0 unspecified atom stereocenters. The van der Waals surface area contributed by atoms with Crippen LogP contribution in [0.2, 0.25) is 5.02 Å². The summed E-state index contributed by atoms with van der Waals surface area (Å²) in [5.74, 6) is -0.00750. The van der Waals surface area contributed by atoms with Gasteiger partial charge in [0.1, 0.15) is 17.6 Å². The van der Waals surface area contributed by atoms with E-state index in [0.717, 1.165) is 0 Å². The smallest absolute Gasteiger partial charge is 0.258 e. The molecule has 0 spiro atoms. The number of carbonyl (C=O) groups excluding carboxylic acids is 1. The van der Waals surface area contributed by atoms with E-state index in [2.05, 4.69) is 5.32 Å². The molecule has 0 saturated carbocycles. The molecule has 0 aliphatic carbocycles. The first-order chi connectivity index (χ1) is 14.3. The fourth-order valence-electron chi connectivity index (χ4n) is 3.35. The third kappa shape index (κ3) is 4.49. The van der Waals surface area contributed by atoms with Crippen molar-refractivity contribution >= 4 is 38.3 Å². The first-order valence-corrected chi connectivity index (χ1v) is 11.4. The number of hydrogen-bond acceptors (Lipinski definition) is 6. The molecule has 0 bridgehead atoms. The van der Waals surface area contributed by atoms with E-state index in [9.17, 15) is 18.0 Å². The van der Waals surface area contributed by atoms with Gasteiger partial charge in [0.15, 0.2) is 21.9 Å². The van der Waals surface area contributed by atoms with Crippen LogP contribution in [0.15, 0.2) is 57.9 Å². The molecule has 1 aromatic heterocycles. The van der Waals surface area contributed by atoms with Gasteiger partial charge in [-0.15, -0.1) is 0 Å². The van der Waals surface area contributed by atoms with Crippen LogP contribution >= 0.6 is 11.6 Å². The number of hydrogen-bond donors (Lipinski definition) is 1.